The molecule has 1 aliphatic carbocycles. The van der Waals surface area contributed by atoms with E-state index in [9.17, 15) is 4.79 Å². The van der Waals surface area contributed by atoms with Gasteiger partial charge in [0.15, 0.2) is 5.82 Å². The van der Waals surface area contributed by atoms with Gasteiger partial charge in [-0.2, -0.15) is 10.1 Å². The van der Waals surface area contributed by atoms with E-state index in [0.717, 1.165) is 48.8 Å². The fourth-order valence-electron chi connectivity index (χ4n) is 4.64. The number of rotatable bonds is 6. The number of amides is 1. The fraction of sp³-hybridized carbons (Fsp3) is 0.522. The topological polar surface area (TPSA) is 89.9 Å². The Bertz CT molecular complexity index is 1060. The molecule has 31 heavy (non-hydrogen) atoms. The van der Waals surface area contributed by atoms with Crippen molar-refractivity contribution >= 4 is 5.91 Å². The summed E-state index contributed by atoms with van der Waals surface area (Å²) < 4.78 is 7.45. The number of piperidine rings is 1. The molecule has 0 bridgehead atoms. The third kappa shape index (κ3) is 3.86. The van der Waals surface area contributed by atoms with Crippen molar-refractivity contribution in [1.82, 2.24) is 29.8 Å². The second-order valence-electron chi connectivity index (χ2n) is 8.86. The van der Waals surface area contributed by atoms with Gasteiger partial charge in [-0.1, -0.05) is 18.0 Å². The van der Waals surface area contributed by atoms with Gasteiger partial charge < -0.3 is 9.42 Å². The Morgan fingerprint density at radius 3 is 2.61 bits per heavy atom. The summed E-state index contributed by atoms with van der Waals surface area (Å²) >= 11 is 0. The van der Waals surface area contributed by atoms with Gasteiger partial charge in [0.05, 0.1) is 11.3 Å². The minimum Gasteiger partial charge on any atom is -0.338 e. The van der Waals surface area contributed by atoms with Crippen LogP contribution in [-0.4, -0.2) is 48.8 Å². The summed E-state index contributed by atoms with van der Waals surface area (Å²) in [4.78, 5) is 23.9. The Balaban J connectivity index is 1.36. The first-order chi connectivity index (χ1) is 15.1. The monoisotopic (exact) mass is 420 g/mol. The molecule has 0 unspecified atom stereocenters. The molecule has 0 atom stereocenters. The number of nitrogens with zero attached hydrogens (tertiary/aromatic N) is 6. The Morgan fingerprint density at radius 2 is 1.97 bits per heavy atom. The van der Waals surface area contributed by atoms with Crippen molar-refractivity contribution < 1.29 is 9.32 Å². The van der Waals surface area contributed by atoms with E-state index in [-0.39, 0.29) is 11.3 Å². The molecular formula is C23H28N6O2. The number of pyridine rings is 1. The number of aryl methyl sites for hydroxylation is 2. The van der Waals surface area contributed by atoms with Crippen LogP contribution in [0.25, 0.3) is 11.5 Å². The molecule has 162 valence electrons. The molecule has 0 spiro atoms. The smallest absolute Gasteiger partial charge is 0.258 e. The van der Waals surface area contributed by atoms with Gasteiger partial charge in [0.2, 0.25) is 0 Å². The maximum atomic E-state index is 13.1. The summed E-state index contributed by atoms with van der Waals surface area (Å²) in [5.74, 6) is 2.12. The number of carbonyl (C=O) groups excluding carboxylic acids is 1. The highest BCUT2D eigenvalue weighted by molar-refractivity contribution is 5.95. The lowest BCUT2D eigenvalue weighted by molar-refractivity contribution is 0.0645. The second-order valence-corrected chi connectivity index (χ2v) is 8.86. The van der Waals surface area contributed by atoms with E-state index >= 15 is 0 Å². The maximum Gasteiger partial charge on any atom is 0.258 e. The third-order valence-electron chi connectivity index (χ3n) is 6.71. The quantitative estimate of drug-likeness (QED) is 0.605. The Labute approximate surface area is 181 Å². The summed E-state index contributed by atoms with van der Waals surface area (Å²) in [5, 5.41) is 8.84. The van der Waals surface area contributed by atoms with Crippen LogP contribution in [0.2, 0.25) is 0 Å². The highest BCUT2D eigenvalue weighted by Crippen LogP contribution is 2.47. The summed E-state index contributed by atoms with van der Waals surface area (Å²) in [7, 11) is 0. The molecule has 0 N–H and O–H groups in total. The first kappa shape index (κ1) is 19.9. The Morgan fingerprint density at radius 1 is 1.23 bits per heavy atom. The minimum absolute atomic E-state index is 0.0720. The fourth-order valence-corrected chi connectivity index (χ4v) is 4.64. The van der Waals surface area contributed by atoms with E-state index in [1.165, 1.54) is 12.8 Å². The van der Waals surface area contributed by atoms with Gasteiger partial charge in [-0.3, -0.25) is 14.5 Å². The van der Waals surface area contributed by atoms with Crippen LogP contribution in [0.1, 0.15) is 60.9 Å². The van der Waals surface area contributed by atoms with Crippen LogP contribution in [-0.2, 0) is 12.0 Å². The average Bonchev–Trinajstić information content (AvgIpc) is 3.32. The van der Waals surface area contributed by atoms with Crippen molar-refractivity contribution in [2.24, 2.45) is 5.92 Å². The summed E-state index contributed by atoms with van der Waals surface area (Å²) in [6, 6.07) is 3.76. The zero-order valence-electron chi connectivity index (χ0n) is 18.1. The molecule has 3 aromatic heterocycles. The van der Waals surface area contributed by atoms with Crippen molar-refractivity contribution in [2.75, 3.05) is 13.1 Å². The van der Waals surface area contributed by atoms with E-state index in [1.807, 2.05) is 41.8 Å². The van der Waals surface area contributed by atoms with Crippen LogP contribution in [0.5, 0.6) is 0 Å². The lowest BCUT2D eigenvalue weighted by atomic mass is 9.73. The van der Waals surface area contributed by atoms with Crippen LogP contribution < -0.4 is 0 Å². The minimum atomic E-state index is -0.130. The molecule has 1 saturated heterocycles. The lowest BCUT2D eigenvalue weighted by Gasteiger charge is -2.40. The van der Waals surface area contributed by atoms with Crippen LogP contribution >= 0.6 is 0 Å². The summed E-state index contributed by atoms with van der Waals surface area (Å²) in [6.07, 6.45) is 10.6. The second kappa shape index (κ2) is 7.90. The van der Waals surface area contributed by atoms with Crippen molar-refractivity contribution in [2.45, 2.75) is 57.9 Å². The Kier molecular flexibility index (Phi) is 5.08. The maximum absolute atomic E-state index is 13.1. The number of aromatic nitrogens is 5. The highest BCUT2D eigenvalue weighted by Gasteiger charge is 2.45. The van der Waals surface area contributed by atoms with Crippen molar-refractivity contribution in [3.05, 3.63) is 47.8 Å². The standard InChI is InChI=1S/C23H28N6O2/c1-3-29-15-19(16(2)26-29)21(30)28-12-8-23(9-13-28,14-17-4-5-17)22-25-20(31-27-22)18-6-10-24-11-7-18/h6-7,10-11,15,17H,3-5,8-9,12-14H2,1-2H3. The molecule has 3 aromatic rings. The van der Waals surface area contributed by atoms with Crippen LogP contribution in [0.4, 0.5) is 0 Å². The molecule has 8 heteroatoms. The SMILES string of the molecule is CCn1cc(C(=O)N2CCC(CC3CC3)(c3noc(-c4ccncc4)n3)CC2)c(C)n1. The van der Waals surface area contributed by atoms with E-state index in [1.54, 1.807) is 12.4 Å². The number of hydrogen-bond acceptors (Lipinski definition) is 6. The predicted molar refractivity (Wildman–Crippen MR) is 114 cm³/mol. The van der Waals surface area contributed by atoms with Crippen LogP contribution in [0.15, 0.2) is 35.2 Å². The molecule has 4 heterocycles. The normalized spacial score (nSPS) is 18.3. The first-order valence-corrected chi connectivity index (χ1v) is 11.2. The zero-order chi connectivity index (χ0) is 21.4. The molecule has 0 radical (unpaired) electrons. The summed E-state index contributed by atoms with van der Waals surface area (Å²) in [6.45, 7) is 6.08. The number of carbonyl (C=O) groups is 1. The molecule has 8 nitrogen and oxygen atoms in total. The molecule has 5 rings (SSSR count). The van der Waals surface area contributed by atoms with Gasteiger partial charge in [-0.15, -0.1) is 0 Å². The zero-order valence-corrected chi connectivity index (χ0v) is 18.1. The molecule has 2 aliphatic rings. The van der Waals surface area contributed by atoms with Gasteiger partial charge in [-0.25, -0.2) is 0 Å². The number of hydrogen-bond donors (Lipinski definition) is 0. The predicted octanol–water partition coefficient (Wildman–Crippen LogP) is 3.63. The van der Waals surface area contributed by atoms with E-state index in [0.29, 0.717) is 24.5 Å². The summed E-state index contributed by atoms with van der Waals surface area (Å²) in [5.41, 5.74) is 2.25. The Hall–Kier alpha value is -3.03. The lowest BCUT2D eigenvalue weighted by Crippen LogP contribution is -2.46. The van der Waals surface area contributed by atoms with Crippen molar-refractivity contribution in [3.63, 3.8) is 0 Å². The van der Waals surface area contributed by atoms with Gasteiger partial charge in [0.25, 0.3) is 11.8 Å². The van der Waals surface area contributed by atoms with Crippen molar-refractivity contribution in [1.29, 1.82) is 0 Å². The van der Waals surface area contributed by atoms with Gasteiger partial charge >= 0.3 is 0 Å². The molecule has 1 saturated carbocycles. The molecule has 2 fully saturated rings. The molecule has 1 aliphatic heterocycles. The van der Waals surface area contributed by atoms with E-state index < -0.39 is 0 Å². The third-order valence-corrected chi connectivity index (χ3v) is 6.71. The van der Waals surface area contributed by atoms with Gasteiger partial charge in [0, 0.05) is 49.2 Å². The van der Waals surface area contributed by atoms with E-state index in [4.69, 9.17) is 9.51 Å². The van der Waals surface area contributed by atoms with Crippen LogP contribution in [0.3, 0.4) is 0 Å². The number of likely N-dealkylation sites (tertiary alicyclic amines) is 1. The first-order valence-electron chi connectivity index (χ1n) is 11.2. The van der Waals surface area contributed by atoms with Gasteiger partial charge in [-0.05, 0) is 51.2 Å². The average molecular weight is 421 g/mol. The largest absolute Gasteiger partial charge is 0.338 e. The van der Waals surface area contributed by atoms with Crippen molar-refractivity contribution in [3.8, 4) is 11.5 Å². The molecular weight excluding hydrogens is 392 g/mol. The molecule has 0 aromatic carbocycles. The highest BCUT2D eigenvalue weighted by atomic mass is 16.5. The van der Waals surface area contributed by atoms with E-state index in [2.05, 4.69) is 15.2 Å². The molecule has 1 amide bonds. The van der Waals surface area contributed by atoms with Gasteiger partial charge in [0.1, 0.15) is 0 Å². The van der Waals surface area contributed by atoms with Crippen LogP contribution in [0, 0.1) is 12.8 Å².